The number of carbonyl (C=O) groups excluding carboxylic acids is 2. The van der Waals surface area contributed by atoms with Crippen molar-refractivity contribution < 1.29 is 14.3 Å². The van der Waals surface area contributed by atoms with Gasteiger partial charge in [-0.05, 0) is 39.5 Å². The molecule has 1 aliphatic heterocycles. The molecule has 0 aliphatic carbocycles. The molecule has 0 radical (unpaired) electrons. The summed E-state index contributed by atoms with van der Waals surface area (Å²) in [7, 11) is 0. The third-order valence-corrected chi connectivity index (χ3v) is 2.63. The van der Waals surface area contributed by atoms with Crippen molar-refractivity contribution in [3.63, 3.8) is 0 Å². The Hall–Kier alpha value is -1.06. The summed E-state index contributed by atoms with van der Waals surface area (Å²) in [5.41, 5.74) is -0.433. The quantitative estimate of drug-likeness (QED) is 0.694. The van der Waals surface area contributed by atoms with Gasteiger partial charge in [-0.3, -0.25) is 0 Å². The van der Waals surface area contributed by atoms with Crippen LogP contribution >= 0.6 is 0 Å². The maximum atomic E-state index is 11.7. The first-order chi connectivity index (χ1) is 7.42. The van der Waals surface area contributed by atoms with Gasteiger partial charge in [-0.15, -0.1) is 0 Å². The fraction of sp³-hybridized carbons (Fsp3) is 0.833. The van der Waals surface area contributed by atoms with Crippen LogP contribution in [-0.4, -0.2) is 36.0 Å². The molecule has 0 aromatic heterocycles. The summed E-state index contributed by atoms with van der Waals surface area (Å²) >= 11 is 0. The molecule has 1 saturated heterocycles. The van der Waals surface area contributed by atoms with Crippen LogP contribution in [0.1, 0.15) is 40.0 Å². The van der Waals surface area contributed by atoms with Crippen molar-refractivity contribution in [1.82, 2.24) is 4.90 Å². The first-order valence-electron chi connectivity index (χ1n) is 5.84. The van der Waals surface area contributed by atoms with Crippen LogP contribution in [0.5, 0.6) is 0 Å². The number of nitrogens with zero attached hydrogens (tertiary/aromatic N) is 1. The summed E-state index contributed by atoms with van der Waals surface area (Å²) in [5, 5.41) is 0. The van der Waals surface area contributed by atoms with Gasteiger partial charge < -0.3 is 14.4 Å². The first kappa shape index (κ1) is 13.0. The Kier molecular flexibility index (Phi) is 4.33. The van der Waals surface area contributed by atoms with Crippen molar-refractivity contribution in [3.05, 3.63) is 0 Å². The molecule has 1 aliphatic rings. The third kappa shape index (κ3) is 4.21. The van der Waals surface area contributed by atoms with Gasteiger partial charge in [-0.25, -0.2) is 4.79 Å². The molecule has 0 N–H and O–H groups in total. The van der Waals surface area contributed by atoms with Crippen LogP contribution in [0.25, 0.3) is 0 Å². The van der Waals surface area contributed by atoms with Crippen LogP contribution in [0.2, 0.25) is 0 Å². The molecular formula is C12H21NO3. The zero-order chi connectivity index (χ0) is 12.2. The SMILES string of the molecule is CC(C)(C)OC(=O)N1CCC(CCC=O)C1. The van der Waals surface area contributed by atoms with E-state index in [4.69, 9.17) is 4.74 Å². The Bertz CT molecular complexity index is 257. The van der Waals surface area contributed by atoms with E-state index in [9.17, 15) is 9.59 Å². The van der Waals surface area contributed by atoms with Gasteiger partial charge in [0.25, 0.3) is 0 Å². The van der Waals surface area contributed by atoms with Crippen LogP contribution in [0, 0.1) is 5.92 Å². The van der Waals surface area contributed by atoms with E-state index in [-0.39, 0.29) is 6.09 Å². The summed E-state index contributed by atoms with van der Waals surface area (Å²) < 4.78 is 5.29. The Labute approximate surface area is 96.9 Å². The number of hydrogen-bond acceptors (Lipinski definition) is 3. The number of ether oxygens (including phenoxy) is 1. The predicted molar refractivity (Wildman–Crippen MR) is 61.2 cm³/mol. The van der Waals surface area contributed by atoms with E-state index in [0.29, 0.717) is 12.3 Å². The van der Waals surface area contributed by atoms with Crippen LogP contribution in [-0.2, 0) is 9.53 Å². The molecule has 0 saturated carbocycles. The molecule has 1 unspecified atom stereocenters. The minimum Gasteiger partial charge on any atom is -0.444 e. The molecule has 0 aromatic carbocycles. The highest BCUT2D eigenvalue weighted by Gasteiger charge is 2.29. The number of aldehydes is 1. The van der Waals surface area contributed by atoms with Gasteiger partial charge in [0.2, 0.25) is 0 Å². The van der Waals surface area contributed by atoms with Crippen molar-refractivity contribution in [3.8, 4) is 0 Å². The molecule has 1 amide bonds. The second-order valence-corrected chi connectivity index (χ2v) is 5.33. The topological polar surface area (TPSA) is 46.6 Å². The van der Waals surface area contributed by atoms with Gasteiger partial charge in [0.15, 0.2) is 0 Å². The molecule has 4 nitrogen and oxygen atoms in total. The number of likely N-dealkylation sites (tertiary alicyclic amines) is 1. The molecule has 0 bridgehead atoms. The predicted octanol–water partition coefficient (Wildman–Crippen LogP) is 2.22. The average molecular weight is 227 g/mol. The standard InChI is InChI=1S/C12H21NO3/c1-12(2,3)16-11(15)13-7-6-10(9-13)5-4-8-14/h8,10H,4-7,9H2,1-3H3. The van der Waals surface area contributed by atoms with Crippen molar-refractivity contribution >= 4 is 12.4 Å². The van der Waals surface area contributed by atoms with Crippen molar-refractivity contribution in [2.24, 2.45) is 5.92 Å². The van der Waals surface area contributed by atoms with E-state index in [1.54, 1.807) is 4.90 Å². The summed E-state index contributed by atoms with van der Waals surface area (Å²) in [4.78, 5) is 23.7. The van der Waals surface area contributed by atoms with Crippen molar-refractivity contribution in [2.45, 2.75) is 45.6 Å². The largest absolute Gasteiger partial charge is 0.444 e. The lowest BCUT2D eigenvalue weighted by Gasteiger charge is -2.24. The van der Waals surface area contributed by atoms with Gasteiger partial charge in [0.1, 0.15) is 11.9 Å². The number of carbonyl (C=O) groups is 2. The normalized spacial score (nSPS) is 20.9. The van der Waals surface area contributed by atoms with Gasteiger partial charge >= 0.3 is 6.09 Å². The zero-order valence-electron chi connectivity index (χ0n) is 10.4. The fourth-order valence-electron chi connectivity index (χ4n) is 1.86. The maximum absolute atomic E-state index is 11.7. The van der Waals surface area contributed by atoms with E-state index < -0.39 is 5.60 Å². The lowest BCUT2D eigenvalue weighted by molar-refractivity contribution is -0.108. The number of hydrogen-bond donors (Lipinski definition) is 0. The summed E-state index contributed by atoms with van der Waals surface area (Å²) in [6.07, 6.45) is 3.15. The van der Waals surface area contributed by atoms with Crippen LogP contribution < -0.4 is 0 Å². The van der Waals surface area contributed by atoms with E-state index in [2.05, 4.69) is 0 Å². The Morgan fingerprint density at radius 1 is 1.50 bits per heavy atom. The van der Waals surface area contributed by atoms with Gasteiger partial charge in [0.05, 0.1) is 0 Å². The van der Waals surface area contributed by atoms with E-state index in [1.165, 1.54) is 0 Å². The van der Waals surface area contributed by atoms with Crippen LogP contribution in [0.15, 0.2) is 0 Å². The molecule has 1 rings (SSSR count). The Morgan fingerprint density at radius 3 is 2.75 bits per heavy atom. The van der Waals surface area contributed by atoms with Gasteiger partial charge in [0, 0.05) is 19.5 Å². The Balaban J connectivity index is 2.35. The zero-order valence-corrected chi connectivity index (χ0v) is 10.4. The lowest BCUT2D eigenvalue weighted by atomic mass is 10.0. The van der Waals surface area contributed by atoms with Gasteiger partial charge in [-0.1, -0.05) is 0 Å². The molecule has 4 heteroatoms. The van der Waals surface area contributed by atoms with E-state index in [0.717, 1.165) is 32.2 Å². The van der Waals surface area contributed by atoms with E-state index >= 15 is 0 Å². The molecule has 92 valence electrons. The average Bonchev–Trinajstić information content (AvgIpc) is 2.60. The highest BCUT2D eigenvalue weighted by molar-refractivity contribution is 5.68. The maximum Gasteiger partial charge on any atom is 0.410 e. The highest BCUT2D eigenvalue weighted by atomic mass is 16.6. The second kappa shape index (κ2) is 5.32. The summed E-state index contributed by atoms with van der Waals surface area (Å²) in [6.45, 7) is 7.07. The minimum atomic E-state index is -0.433. The smallest absolute Gasteiger partial charge is 0.410 e. The van der Waals surface area contributed by atoms with Crippen LogP contribution in [0.4, 0.5) is 4.79 Å². The summed E-state index contributed by atoms with van der Waals surface area (Å²) in [6, 6.07) is 0. The highest BCUT2D eigenvalue weighted by Crippen LogP contribution is 2.22. The monoisotopic (exact) mass is 227 g/mol. The lowest BCUT2D eigenvalue weighted by Crippen LogP contribution is -2.35. The fourth-order valence-corrected chi connectivity index (χ4v) is 1.86. The Morgan fingerprint density at radius 2 is 2.19 bits per heavy atom. The molecule has 16 heavy (non-hydrogen) atoms. The minimum absolute atomic E-state index is 0.235. The molecule has 1 fully saturated rings. The molecular weight excluding hydrogens is 206 g/mol. The van der Waals surface area contributed by atoms with Crippen molar-refractivity contribution in [2.75, 3.05) is 13.1 Å². The second-order valence-electron chi connectivity index (χ2n) is 5.33. The molecule has 0 aromatic rings. The van der Waals surface area contributed by atoms with Crippen LogP contribution in [0.3, 0.4) is 0 Å². The number of rotatable bonds is 3. The van der Waals surface area contributed by atoms with Gasteiger partial charge in [-0.2, -0.15) is 0 Å². The van der Waals surface area contributed by atoms with E-state index in [1.807, 2.05) is 20.8 Å². The first-order valence-corrected chi connectivity index (χ1v) is 5.84. The molecule has 0 spiro atoms. The summed E-state index contributed by atoms with van der Waals surface area (Å²) in [5.74, 6) is 0.456. The third-order valence-electron chi connectivity index (χ3n) is 2.63. The number of amides is 1. The molecule has 1 atom stereocenters. The van der Waals surface area contributed by atoms with Crippen molar-refractivity contribution in [1.29, 1.82) is 0 Å². The molecule has 1 heterocycles.